The summed E-state index contributed by atoms with van der Waals surface area (Å²) in [5, 5.41) is 4.23. The quantitative estimate of drug-likeness (QED) is 0.513. The number of halogens is 3. The maximum absolute atomic E-state index is 12.8. The van der Waals surface area contributed by atoms with Crippen molar-refractivity contribution in [3.8, 4) is 0 Å². The van der Waals surface area contributed by atoms with Gasteiger partial charge in [0.05, 0.1) is 17.6 Å². The lowest BCUT2D eigenvalue weighted by Gasteiger charge is -2.46. The van der Waals surface area contributed by atoms with Gasteiger partial charge in [0.2, 0.25) is 0 Å². The number of aromatic nitrogens is 2. The lowest BCUT2D eigenvalue weighted by atomic mass is 9.65. The summed E-state index contributed by atoms with van der Waals surface area (Å²) >= 11 is 1.08. The summed E-state index contributed by atoms with van der Waals surface area (Å²) in [6.07, 6.45) is 0.508. The van der Waals surface area contributed by atoms with Gasteiger partial charge >= 0.3 is 6.18 Å². The molecule has 1 saturated heterocycles. The second-order valence-electron chi connectivity index (χ2n) is 9.61. The number of thiophene rings is 1. The predicted octanol–water partition coefficient (Wildman–Crippen LogP) is 4.81. The molecule has 2 aromatic heterocycles. The maximum atomic E-state index is 12.8. The van der Waals surface area contributed by atoms with Crippen LogP contribution in [0.4, 0.5) is 24.7 Å². The van der Waals surface area contributed by atoms with Crippen molar-refractivity contribution in [1.82, 2.24) is 9.97 Å². The van der Waals surface area contributed by atoms with Crippen LogP contribution < -0.4 is 10.2 Å². The molecule has 0 radical (unpaired) electrons. The number of fused-ring (bicyclic) bond motifs is 1. The maximum Gasteiger partial charge on any atom is 0.393 e. The molecule has 1 saturated carbocycles. The first-order valence-electron chi connectivity index (χ1n) is 11.1. The van der Waals surface area contributed by atoms with Gasteiger partial charge in [-0.3, -0.25) is 0 Å². The molecule has 0 bridgehead atoms. The minimum absolute atomic E-state index is 0.0355. The minimum Gasteiger partial charge on any atom is -0.382 e. The Kier molecular flexibility index (Phi) is 5.75. The average molecular weight is 511 g/mol. The number of sulfone groups is 1. The van der Waals surface area contributed by atoms with Crippen LogP contribution in [-0.4, -0.2) is 49.9 Å². The highest BCUT2D eigenvalue weighted by Gasteiger charge is 2.49. The zero-order chi connectivity index (χ0) is 24.1. The van der Waals surface area contributed by atoms with Crippen LogP contribution in [0.1, 0.15) is 29.7 Å². The molecule has 6 nitrogen and oxygen atoms in total. The van der Waals surface area contributed by atoms with Crippen LogP contribution in [0.3, 0.4) is 0 Å². The summed E-state index contributed by atoms with van der Waals surface area (Å²) in [6.45, 7) is 1.65. The van der Waals surface area contributed by atoms with Gasteiger partial charge in [-0.15, -0.1) is 11.3 Å². The monoisotopic (exact) mass is 510 g/mol. The van der Waals surface area contributed by atoms with Gasteiger partial charge in [-0.25, -0.2) is 18.4 Å². The smallest absolute Gasteiger partial charge is 0.382 e. The van der Waals surface area contributed by atoms with E-state index in [-0.39, 0.29) is 16.0 Å². The summed E-state index contributed by atoms with van der Waals surface area (Å²) in [5.41, 5.74) is 1.92. The molecule has 0 atom stereocenters. The van der Waals surface area contributed by atoms with Crippen molar-refractivity contribution < 1.29 is 21.6 Å². The lowest BCUT2D eigenvalue weighted by Crippen LogP contribution is -2.46. The third-order valence-corrected chi connectivity index (χ3v) is 8.49. The van der Waals surface area contributed by atoms with E-state index in [2.05, 4.69) is 20.2 Å². The van der Waals surface area contributed by atoms with E-state index in [0.717, 1.165) is 60.8 Å². The third kappa shape index (κ3) is 5.14. The van der Waals surface area contributed by atoms with Gasteiger partial charge in [-0.05, 0) is 48.4 Å². The van der Waals surface area contributed by atoms with Crippen molar-refractivity contribution >= 4 is 42.9 Å². The predicted molar refractivity (Wildman–Crippen MR) is 128 cm³/mol. The fraction of sp³-hybridized carbons (Fsp3) is 0.478. The van der Waals surface area contributed by atoms with E-state index in [4.69, 9.17) is 0 Å². The highest BCUT2D eigenvalue weighted by atomic mass is 32.2. The molecule has 182 valence electrons. The normalized spacial score (nSPS) is 22.9. The lowest BCUT2D eigenvalue weighted by molar-refractivity contribution is -0.126. The Morgan fingerprint density at radius 1 is 1.21 bits per heavy atom. The van der Waals surface area contributed by atoms with E-state index >= 15 is 0 Å². The van der Waals surface area contributed by atoms with Crippen molar-refractivity contribution in [2.45, 2.75) is 43.7 Å². The molecule has 2 fully saturated rings. The summed E-state index contributed by atoms with van der Waals surface area (Å²) < 4.78 is 61.4. The van der Waals surface area contributed by atoms with Crippen LogP contribution in [0.5, 0.6) is 0 Å². The van der Waals surface area contributed by atoms with Crippen LogP contribution in [0.2, 0.25) is 0 Å². The van der Waals surface area contributed by atoms with Gasteiger partial charge in [-0.2, -0.15) is 13.2 Å². The fourth-order valence-corrected chi connectivity index (χ4v) is 7.02. The number of nitrogens with one attached hydrogen (secondary N) is 1. The molecule has 0 amide bonds. The van der Waals surface area contributed by atoms with Crippen molar-refractivity contribution in [3.05, 3.63) is 47.1 Å². The highest BCUT2D eigenvalue weighted by Crippen LogP contribution is 2.50. The first-order chi connectivity index (χ1) is 16.0. The molecule has 5 rings (SSSR count). The zero-order valence-electron chi connectivity index (χ0n) is 18.6. The molecule has 1 aromatic carbocycles. The van der Waals surface area contributed by atoms with Gasteiger partial charge in [-0.1, -0.05) is 12.1 Å². The molecule has 3 aromatic rings. The van der Waals surface area contributed by atoms with Gasteiger partial charge in [0.1, 0.15) is 17.0 Å². The molecule has 1 N–H and O–H groups in total. The topological polar surface area (TPSA) is 75.2 Å². The van der Waals surface area contributed by atoms with E-state index in [1.807, 2.05) is 24.3 Å². The van der Waals surface area contributed by atoms with E-state index in [1.165, 1.54) is 12.6 Å². The fourth-order valence-electron chi connectivity index (χ4n) is 5.20. The number of alkyl halides is 3. The summed E-state index contributed by atoms with van der Waals surface area (Å²) in [5.74, 6) is 0.762. The molecule has 1 aliphatic heterocycles. The first kappa shape index (κ1) is 23.3. The molecule has 11 heteroatoms. The largest absolute Gasteiger partial charge is 0.393 e. The Morgan fingerprint density at radius 2 is 1.94 bits per heavy atom. The Hall–Kier alpha value is -2.40. The molecule has 3 heterocycles. The van der Waals surface area contributed by atoms with E-state index in [9.17, 15) is 21.6 Å². The van der Waals surface area contributed by atoms with Crippen LogP contribution in [0.15, 0.2) is 36.7 Å². The first-order valence-corrected chi connectivity index (χ1v) is 13.9. The van der Waals surface area contributed by atoms with Gasteiger partial charge in [0.25, 0.3) is 0 Å². The van der Waals surface area contributed by atoms with Crippen LogP contribution in [-0.2, 0) is 22.0 Å². The molecule has 1 aliphatic carbocycles. The molecule has 0 unspecified atom stereocenters. The minimum atomic E-state index is -4.24. The molecule has 1 spiro atoms. The van der Waals surface area contributed by atoms with Gasteiger partial charge in [0, 0.05) is 36.0 Å². The number of rotatable bonds is 6. The van der Waals surface area contributed by atoms with E-state index in [0.29, 0.717) is 16.3 Å². The Labute approximate surface area is 200 Å². The summed E-state index contributed by atoms with van der Waals surface area (Å²) in [4.78, 5) is 11.7. The van der Waals surface area contributed by atoms with Crippen LogP contribution in [0.25, 0.3) is 10.2 Å². The molecule has 2 aliphatic rings. The van der Waals surface area contributed by atoms with Crippen LogP contribution >= 0.6 is 11.3 Å². The van der Waals surface area contributed by atoms with Crippen molar-refractivity contribution in [3.63, 3.8) is 0 Å². The van der Waals surface area contributed by atoms with Crippen molar-refractivity contribution in [2.75, 3.05) is 29.6 Å². The molecular formula is C23H25F3N4O2S2. The van der Waals surface area contributed by atoms with Crippen LogP contribution in [0, 0.1) is 5.41 Å². The van der Waals surface area contributed by atoms with Crippen molar-refractivity contribution in [2.24, 2.45) is 5.41 Å². The number of benzene rings is 1. The van der Waals surface area contributed by atoms with Gasteiger partial charge in [0.15, 0.2) is 9.84 Å². The Bertz CT molecular complexity index is 1300. The van der Waals surface area contributed by atoms with Crippen molar-refractivity contribution in [1.29, 1.82) is 0 Å². The van der Waals surface area contributed by atoms with E-state index < -0.39 is 22.4 Å². The second-order valence-corrected chi connectivity index (χ2v) is 12.9. The summed E-state index contributed by atoms with van der Waals surface area (Å²) in [7, 11) is -3.05. The molecule has 34 heavy (non-hydrogen) atoms. The Morgan fingerprint density at radius 3 is 2.62 bits per heavy atom. The van der Waals surface area contributed by atoms with Gasteiger partial charge < -0.3 is 10.2 Å². The SMILES string of the molecule is CS(=O)(=O)Cc1ccc(NC2CC3(CCN(c4ncnc5sc(CC(F)(F)F)cc45)C3)C2)cc1. The Balaban J connectivity index is 1.21. The standard InChI is InChI=1S/C23H25F3N4O2S2/c1-34(31,32)12-15-2-4-16(5-3-15)29-17-9-22(10-17)6-7-30(13-22)20-19-8-18(11-23(24,25)26)33-21(19)28-14-27-20/h2-5,8,14,17,29H,6-7,9-13H2,1H3. The molecular weight excluding hydrogens is 485 g/mol. The average Bonchev–Trinajstić information content (AvgIpc) is 3.30. The number of hydrogen-bond donors (Lipinski definition) is 1. The number of anilines is 2. The highest BCUT2D eigenvalue weighted by molar-refractivity contribution is 7.89. The number of hydrogen-bond acceptors (Lipinski definition) is 7. The third-order valence-electron chi connectivity index (χ3n) is 6.58. The second kappa shape index (κ2) is 8.37. The van der Waals surface area contributed by atoms with E-state index in [1.54, 1.807) is 6.07 Å². The number of nitrogens with zero attached hydrogens (tertiary/aromatic N) is 3. The zero-order valence-corrected chi connectivity index (χ0v) is 20.2. The summed E-state index contributed by atoms with van der Waals surface area (Å²) in [6, 6.07) is 9.43.